The standard InChI is InChI=1S/C12H8ClN.C2H6/c1-8-10(7-14)6-9-4-2-3-5-11(9)12(8)13;1-2/h2-6H,1H3;1-2H3. The molecule has 0 atom stereocenters. The fourth-order valence-corrected chi connectivity index (χ4v) is 1.80. The van der Waals surface area contributed by atoms with Crippen molar-refractivity contribution >= 4 is 22.4 Å². The highest BCUT2D eigenvalue weighted by Crippen LogP contribution is 2.29. The van der Waals surface area contributed by atoms with Crippen molar-refractivity contribution in [3.63, 3.8) is 0 Å². The lowest BCUT2D eigenvalue weighted by atomic mass is 10.0. The van der Waals surface area contributed by atoms with E-state index in [1.807, 2.05) is 51.1 Å². The molecule has 0 saturated carbocycles. The Balaban J connectivity index is 0.000000606. The summed E-state index contributed by atoms with van der Waals surface area (Å²) >= 11 is 6.16. The minimum Gasteiger partial charge on any atom is -0.192 e. The average Bonchev–Trinajstić information content (AvgIpc) is 2.36. The smallest absolute Gasteiger partial charge is 0.0995 e. The predicted octanol–water partition coefficient (Wildman–Crippen LogP) is 4.70. The van der Waals surface area contributed by atoms with E-state index < -0.39 is 0 Å². The van der Waals surface area contributed by atoms with E-state index in [2.05, 4.69) is 6.07 Å². The third-order valence-electron chi connectivity index (χ3n) is 2.35. The van der Waals surface area contributed by atoms with E-state index in [1.54, 1.807) is 0 Å². The number of rotatable bonds is 0. The second-order valence-electron chi connectivity index (χ2n) is 3.20. The Hall–Kier alpha value is -1.52. The van der Waals surface area contributed by atoms with Gasteiger partial charge in [0.05, 0.1) is 16.7 Å². The van der Waals surface area contributed by atoms with Crippen LogP contribution in [0.5, 0.6) is 0 Å². The maximum absolute atomic E-state index is 8.89. The summed E-state index contributed by atoms with van der Waals surface area (Å²) in [5, 5.41) is 11.6. The Labute approximate surface area is 101 Å². The van der Waals surface area contributed by atoms with E-state index in [0.29, 0.717) is 10.6 Å². The van der Waals surface area contributed by atoms with Gasteiger partial charge >= 0.3 is 0 Å². The minimum atomic E-state index is 0.647. The maximum atomic E-state index is 8.89. The molecule has 2 rings (SSSR count). The molecular weight excluding hydrogens is 218 g/mol. The van der Waals surface area contributed by atoms with Crippen LogP contribution in [0.2, 0.25) is 5.02 Å². The lowest BCUT2D eigenvalue weighted by Gasteiger charge is -2.05. The average molecular weight is 232 g/mol. The van der Waals surface area contributed by atoms with Gasteiger partial charge in [0.2, 0.25) is 0 Å². The summed E-state index contributed by atoms with van der Waals surface area (Å²) in [7, 11) is 0. The Morgan fingerprint density at radius 3 is 2.44 bits per heavy atom. The molecule has 2 aromatic carbocycles. The zero-order chi connectivity index (χ0) is 12.1. The van der Waals surface area contributed by atoms with Crippen LogP contribution in [0.1, 0.15) is 25.0 Å². The van der Waals surface area contributed by atoms with Gasteiger partial charge in [-0.1, -0.05) is 49.7 Å². The number of halogens is 1. The number of hydrogen-bond acceptors (Lipinski definition) is 1. The SMILES string of the molecule is CC.Cc1c(C#N)cc2ccccc2c1Cl. The Bertz CT molecular complexity index is 538. The number of benzene rings is 2. The van der Waals surface area contributed by atoms with Crippen molar-refractivity contribution in [1.29, 1.82) is 5.26 Å². The highest BCUT2D eigenvalue weighted by atomic mass is 35.5. The molecule has 1 nitrogen and oxygen atoms in total. The van der Waals surface area contributed by atoms with E-state index in [9.17, 15) is 0 Å². The summed E-state index contributed by atoms with van der Waals surface area (Å²) in [4.78, 5) is 0. The molecule has 16 heavy (non-hydrogen) atoms. The molecular formula is C14H14ClN. The summed E-state index contributed by atoms with van der Waals surface area (Å²) in [5.41, 5.74) is 1.50. The molecule has 0 unspecified atom stereocenters. The van der Waals surface area contributed by atoms with Crippen LogP contribution in [0.3, 0.4) is 0 Å². The van der Waals surface area contributed by atoms with Crippen LogP contribution in [-0.2, 0) is 0 Å². The van der Waals surface area contributed by atoms with Crippen LogP contribution in [-0.4, -0.2) is 0 Å². The first-order valence-electron chi connectivity index (χ1n) is 5.32. The molecule has 0 bridgehead atoms. The highest BCUT2D eigenvalue weighted by Gasteiger charge is 2.06. The van der Waals surface area contributed by atoms with Gasteiger partial charge in [0.1, 0.15) is 0 Å². The molecule has 0 saturated heterocycles. The molecule has 0 spiro atoms. The molecule has 0 radical (unpaired) electrons. The second kappa shape index (κ2) is 5.53. The highest BCUT2D eigenvalue weighted by molar-refractivity contribution is 6.36. The molecule has 82 valence electrons. The number of nitrogens with zero attached hydrogens (tertiary/aromatic N) is 1. The Kier molecular flexibility index (Phi) is 4.34. The molecule has 0 N–H and O–H groups in total. The van der Waals surface area contributed by atoms with Gasteiger partial charge in [-0.3, -0.25) is 0 Å². The maximum Gasteiger partial charge on any atom is 0.0995 e. The molecule has 0 aliphatic heterocycles. The van der Waals surface area contributed by atoms with E-state index in [4.69, 9.17) is 16.9 Å². The molecule has 0 aliphatic rings. The van der Waals surface area contributed by atoms with E-state index in [1.165, 1.54) is 0 Å². The quantitative estimate of drug-likeness (QED) is 0.645. The summed E-state index contributed by atoms with van der Waals surface area (Å²) < 4.78 is 0. The third kappa shape index (κ3) is 2.18. The van der Waals surface area contributed by atoms with Crippen molar-refractivity contribution in [2.45, 2.75) is 20.8 Å². The van der Waals surface area contributed by atoms with Gasteiger partial charge in [0.15, 0.2) is 0 Å². The summed E-state index contributed by atoms with van der Waals surface area (Å²) in [6, 6.07) is 11.8. The number of nitriles is 1. The molecule has 2 heteroatoms. The van der Waals surface area contributed by atoms with Crippen LogP contribution >= 0.6 is 11.6 Å². The third-order valence-corrected chi connectivity index (χ3v) is 2.84. The van der Waals surface area contributed by atoms with E-state index in [0.717, 1.165) is 16.3 Å². The minimum absolute atomic E-state index is 0.647. The van der Waals surface area contributed by atoms with E-state index >= 15 is 0 Å². The van der Waals surface area contributed by atoms with Crippen molar-refractivity contribution in [3.05, 3.63) is 46.5 Å². The number of hydrogen-bond donors (Lipinski definition) is 0. The first-order valence-corrected chi connectivity index (χ1v) is 5.70. The van der Waals surface area contributed by atoms with Crippen LogP contribution in [0.15, 0.2) is 30.3 Å². The van der Waals surface area contributed by atoms with Crippen molar-refractivity contribution in [3.8, 4) is 6.07 Å². The molecule has 0 aliphatic carbocycles. The van der Waals surface area contributed by atoms with Gasteiger partial charge < -0.3 is 0 Å². The van der Waals surface area contributed by atoms with Gasteiger partial charge in [0.25, 0.3) is 0 Å². The van der Waals surface area contributed by atoms with Crippen LogP contribution < -0.4 is 0 Å². The zero-order valence-corrected chi connectivity index (χ0v) is 10.5. The van der Waals surface area contributed by atoms with Gasteiger partial charge in [0, 0.05) is 5.39 Å². The first-order chi connectivity index (χ1) is 7.74. The fraction of sp³-hybridized carbons (Fsp3) is 0.214. The topological polar surface area (TPSA) is 23.8 Å². The van der Waals surface area contributed by atoms with Crippen molar-refractivity contribution in [2.24, 2.45) is 0 Å². The second-order valence-corrected chi connectivity index (χ2v) is 3.57. The summed E-state index contributed by atoms with van der Waals surface area (Å²) in [5.74, 6) is 0. The fourth-order valence-electron chi connectivity index (χ4n) is 1.52. The molecule has 0 aromatic heterocycles. The van der Waals surface area contributed by atoms with Crippen LogP contribution in [0.4, 0.5) is 0 Å². The molecule has 2 aromatic rings. The van der Waals surface area contributed by atoms with Gasteiger partial charge in [-0.25, -0.2) is 0 Å². The Morgan fingerprint density at radius 1 is 1.19 bits per heavy atom. The molecule has 0 fully saturated rings. The van der Waals surface area contributed by atoms with Gasteiger partial charge in [-0.2, -0.15) is 5.26 Å². The monoisotopic (exact) mass is 231 g/mol. The zero-order valence-electron chi connectivity index (χ0n) is 9.71. The summed E-state index contributed by atoms with van der Waals surface area (Å²) in [6.45, 7) is 5.87. The lowest BCUT2D eigenvalue weighted by Crippen LogP contribution is -1.85. The largest absolute Gasteiger partial charge is 0.192 e. The predicted molar refractivity (Wildman–Crippen MR) is 69.8 cm³/mol. The van der Waals surface area contributed by atoms with Gasteiger partial charge in [-0.05, 0) is 23.9 Å². The lowest BCUT2D eigenvalue weighted by molar-refractivity contribution is 1.41. The normalized spacial score (nSPS) is 9.19. The Morgan fingerprint density at radius 2 is 1.81 bits per heavy atom. The van der Waals surface area contributed by atoms with Crippen LogP contribution in [0.25, 0.3) is 10.8 Å². The first kappa shape index (κ1) is 12.5. The molecule has 0 heterocycles. The van der Waals surface area contributed by atoms with E-state index in [-0.39, 0.29) is 0 Å². The number of fused-ring (bicyclic) bond motifs is 1. The molecule has 0 amide bonds. The van der Waals surface area contributed by atoms with Crippen molar-refractivity contribution < 1.29 is 0 Å². The van der Waals surface area contributed by atoms with Gasteiger partial charge in [-0.15, -0.1) is 0 Å². The van der Waals surface area contributed by atoms with Crippen molar-refractivity contribution in [1.82, 2.24) is 0 Å². The van der Waals surface area contributed by atoms with Crippen LogP contribution in [0, 0.1) is 18.3 Å². The van der Waals surface area contributed by atoms with Crippen molar-refractivity contribution in [2.75, 3.05) is 0 Å². The summed E-state index contributed by atoms with van der Waals surface area (Å²) in [6.07, 6.45) is 0.